The number of amides is 1. The molecule has 23 heavy (non-hydrogen) atoms. The molecule has 122 valence electrons. The number of carboxylic acids is 1. The lowest BCUT2D eigenvalue weighted by molar-refractivity contribution is -0.303. The Morgan fingerprint density at radius 2 is 1.87 bits per heavy atom. The molecular formula is C16H16NO6-. The zero-order valence-corrected chi connectivity index (χ0v) is 13.0. The second-order valence-corrected chi connectivity index (χ2v) is 4.70. The summed E-state index contributed by atoms with van der Waals surface area (Å²) in [5.41, 5.74) is 0.959. The highest BCUT2D eigenvalue weighted by atomic mass is 16.5. The van der Waals surface area contributed by atoms with Crippen molar-refractivity contribution in [3.8, 4) is 22.8 Å². The van der Waals surface area contributed by atoms with Crippen molar-refractivity contribution < 1.29 is 28.6 Å². The molecule has 0 aliphatic rings. The molecule has 0 saturated heterocycles. The number of hydrogen-bond acceptors (Lipinski definition) is 6. The van der Waals surface area contributed by atoms with Crippen LogP contribution >= 0.6 is 0 Å². The molecule has 0 saturated carbocycles. The van der Waals surface area contributed by atoms with Gasteiger partial charge in [0.2, 0.25) is 0 Å². The number of hydrogen-bond donors (Lipinski definition) is 1. The van der Waals surface area contributed by atoms with Crippen LogP contribution in [-0.4, -0.2) is 32.6 Å². The van der Waals surface area contributed by atoms with E-state index < -0.39 is 18.4 Å². The van der Waals surface area contributed by atoms with Crippen LogP contribution in [0.15, 0.2) is 28.7 Å². The van der Waals surface area contributed by atoms with E-state index >= 15 is 0 Å². The molecule has 7 heteroatoms. The van der Waals surface area contributed by atoms with Crippen LogP contribution in [0.3, 0.4) is 0 Å². The molecule has 0 spiro atoms. The Morgan fingerprint density at radius 3 is 2.48 bits per heavy atom. The highest BCUT2D eigenvalue weighted by molar-refractivity contribution is 5.97. The molecule has 0 aliphatic heterocycles. The van der Waals surface area contributed by atoms with E-state index in [-0.39, 0.29) is 5.56 Å². The maximum atomic E-state index is 11.9. The van der Waals surface area contributed by atoms with E-state index in [4.69, 9.17) is 13.9 Å². The summed E-state index contributed by atoms with van der Waals surface area (Å²) in [6.07, 6.45) is 0. The van der Waals surface area contributed by atoms with Crippen molar-refractivity contribution in [3.63, 3.8) is 0 Å². The van der Waals surface area contributed by atoms with E-state index in [1.54, 1.807) is 31.2 Å². The lowest BCUT2D eigenvalue weighted by Crippen LogP contribution is -2.37. The molecule has 0 bridgehead atoms. The van der Waals surface area contributed by atoms with Crippen LogP contribution in [0.4, 0.5) is 0 Å². The first-order valence-corrected chi connectivity index (χ1v) is 6.77. The fraction of sp³-hybridized carbons (Fsp3) is 0.250. The normalized spacial score (nSPS) is 10.2. The van der Waals surface area contributed by atoms with E-state index in [9.17, 15) is 14.7 Å². The maximum absolute atomic E-state index is 11.9. The molecule has 2 aromatic rings. The van der Waals surface area contributed by atoms with Gasteiger partial charge in [-0.2, -0.15) is 0 Å². The molecule has 1 amide bonds. The van der Waals surface area contributed by atoms with E-state index in [1.807, 2.05) is 0 Å². The molecule has 7 nitrogen and oxygen atoms in total. The number of methoxy groups -OCH3 is 2. The molecule has 1 N–H and O–H groups in total. The molecule has 0 radical (unpaired) electrons. The summed E-state index contributed by atoms with van der Waals surface area (Å²) in [6.45, 7) is 1.06. The summed E-state index contributed by atoms with van der Waals surface area (Å²) >= 11 is 0. The Hall–Kier alpha value is -2.96. The van der Waals surface area contributed by atoms with E-state index in [0.29, 0.717) is 28.6 Å². The summed E-state index contributed by atoms with van der Waals surface area (Å²) in [5, 5.41) is 12.6. The van der Waals surface area contributed by atoms with Crippen LogP contribution < -0.4 is 19.9 Å². The van der Waals surface area contributed by atoms with E-state index in [2.05, 4.69) is 5.32 Å². The van der Waals surface area contributed by atoms with Crippen LogP contribution in [0.1, 0.15) is 16.1 Å². The third-order valence-electron chi connectivity index (χ3n) is 3.22. The molecule has 0 unspecified atom stereocenters. The van der Waals surface area contributed by atoms with Gasteiger partial charge in [-0.3, -0.25) is 4.79 Å². The first-order chi connectivity index (χ1) is 11.0. The largest absolute Gasteiger partial charge is 0.548 e. The van der Waals surface area contributed by atoms with Crippen LogP contribution in [0.2, 0.25) is 0 Å². The van der Waals surface area contributed by atoms with Gasteiger partial charge in [-0.25, -0.2) is 0 Å². The van der Waals surface area contributed by atoms with Crippen molar-refractivity contribution in [3.05, 3.63) is 35.6 Å². The van der Waals surface area contributed by atoms with Crippen molar-refractivity contribution in [2.75, 3.05) is 20.8 Å². The number of furan rings is 1. The van der Waals surface area contributed by atoms with Crippen molar-refractivity contribution >= 4 is 11.9 Å². The first kappa shape index (κ1) is 16.4. The zero-order chi connectivity index (χ0) is 17.0. The second kappa shape index (κ2) is 6.87. The van der Waals surface area contributed by atoms with Gasteiger partial charge in [0.25, 0.3) is 5.91 Å². The van der Waals surface area contributed by atoms with Crippen molar-refractivity contribution in [1.82, 2.24) is 5.32 Å². The Kier molecular flexibility index (Phi) is 4.90. The molecule has 1 aromatic heterocycles. The standard InChI is InChI=1S/C16H17NO6/c1-9-11(16(20)17-8-15(18)19)7-13(23-9)10-4-5-12(21-2)14(6-10)22-3/h4-7H,8H2,1-3H3,(H,17,20)(H,18,19)/p-1. The summed E-state index contributed by atoms with van der Waals surface area (Å²) in [5.74, 6) is 0.0444. The zero-order valence-electron chi connectivity index (χ0n) is 13.0. The predicted molar refractivity (Wildman–Crippen MR) is 79.3 cm³/mol. The lowest BCUT2D eigenvalue weighted by atomic mass is 10.1. The van der Waals surface area contributed by atoms with Crippen molar-refractivity contribution in [1.29, 1.82) is 0 Å². The molecular weight excluding hydrogens is 302 g/mol. The van der Waals surface area contributed by atoms with Gasteiger partial charge in [0.15, 0.2) is 11.5 Å². The van der Waals surface area contributed by atoms with Gasteiger partial charge in [0.1, 0.15) is 11.5 Å². The molecule has 0 aliphatic carbocycles. The smallest absolute Gasteiger partial charge is 0.255 e. The monoisotopic (exact) mass is 318 g/mol. The van der Waals surface area contributed by atoms with Gasteiger partial charge in [0, 0.05) is 5.56 Å². The number of aryl methyl sites for hydroxylation is 1. The molecule has 0 atom stereocenters. The minimum atomic E-state index is -1.36. The van der Waals surface area contributed by atoms with Crippen LogP contribution in [0, 0.1) is 6.92 Å². The minimum absolute atomic E-state index is 0.260. The average molecular weight is 318 g/mol. The lowest BCUT2D eigenvalue weighted by Gasteiger charge is -2.08. The summed E-state index contributed by atoms with van der Waals surface area (Å²) in [4.78, 5) is 22.3. The Labute approximate surface area is 132 Å². The number of nitrogens with one attached hydrogen (secondary N) is 1. The number of carboxylic acid groups (broad SMARTS) is 1. The highest BCUT2D eigenvalue weighted by Crippen LogP contribution is 2.33. The SMILES string of the molecule is COc1ccc(-c2cc(C(=O)NCC(=O)[O-])c(C)o2)cc1OC. The molecule has 0 fully saturated rings. The Balaban J connectivity index is 2.30. The third kappa shape index (κ3) is 3.63. The van der Waals surface area contributed by atoms with Crippen LogP contribution in [-0.2, 0) is 4.79 Å². The summed E-state index contributed by atoms with van der Waals surface area (Å²) in [6, 6.07) is 6.76. The number of carbonyl (C=O) groups is 2. The highest BCUT2D eigenvalue weighted by Gasteiger charge is 2.17. The van der Waals surface area contributed by atoms with Crippen molar-refractivity contribution in [2.45, 2.75) is 6.92 Å². The van der Waals surface area contributed by atoms with Gasteiger partial charge < -0.3 is 29.1 Å². The Morgan fingerprint density at radius 1 is 1.17 bits per heavy atom. The second-order valence-electron chi connectivity index (χ2n) is 4.70. The van der Waals surface area contributed by atoms with Gasteiger partial charge in [-0.05, 0) is 31.2 Å². The topological polar surface area (TPSA) is 101 Å². The molecule has 2 rings (SSSR count). The number of benzene rings is 1. The van der Waals surface area contributed by atoms with Gasteiger partial charge >= 0.3 is 0 Å². The number of aliphatic carboxylic acids is 1. The van der Waals surface area contributed by atoms with Gasteiger partial charge in [-0.1, -0.05) is 0 Å². The fourth-order valence-electron chi connectivity index (χ4n) is 2.09. The molecule has 1 aromatic carbocycles. The van der Waals surface area contributed by atoms with Gasteiger partial charge in [0.05, 0.1) is 32.3 Å². The minimum Gasteiger partial charge on any atom is -0.548 e. The van der Waals surface area contributed by atoms with E-state index in [0.717, 1.165) is 0 Å². The average Bonchev–Trinajstić information content (AvgIpc) is 2.93. The summed E-state index contributed by atoms with van der Waals surface area (Å²) in [7, 11) is 3.06. The Bertz CT molecular complexity index is 734. The number of rotatable bonds is 6. The van der Waals surface area contributed by atoms with E-state index in [1.165, 1.54) is 14.2 Å². The third-order valence-corrected chi connectivity index (χ3v) is 3.22. The van der Waals surface area contributed by atoms with Crippen molar-refractivity contribution in [2.24, 2.45) is 0 Å². The van der Waals surface area contributed by atoms with Crippen LogP contribution in [0.5, 0.6) is 11.5 Å². The summed E-state index contributed by atoms with van der Waals surface area (Å²) < 4.78 is 16.0. The fourth-order valence-corrected chi connectivity index (χ4v) is 2.09. The maximum Gasteiger partial charge on any atom is 0.255 e. The first-order valence-electron chi connectivity index (χ1n) is 6.77. The number of ether oxygens (including phenoxy) is 2. The molecule has 1 heterocycles. The quantitative estimate of drug-likeness (QED) is 0.843. The van der Waals surface area contributed by atoms with Gasteiger partial charge in [-0.15, -0.1) is 0 Å². The number of carbonyl (C=O) groups excluding carboxylic acids is 2. The van der Waals surface area contributed by atoms with Crippen LogP contribution in [0.25, 0.3) is 11.3 Å². The predicted octanol–water partition coefficient (Wildman–Crippen LogP) is 0.752.